The summed E-state index contributed by atoms with van der Waals surface area (Å²) in [4.78, 5) is 9.22. The minimum absolute atomic E-state index is 0.116. The van der Waals surface area contributed by atoms with E-state index in [2.05, 4.69) is 20.1 Å². The number of nitrogens with one attached hydrogen (secondary N) is 1. The van der Waals surface area contributed by atoms with E-state index in [1.807, 2.05) is 30.3 Å². The number of morpholine rings is 1. The lowest BCUT2D eigenvalue weighted by atomic mass is 10.0. The van der Waals surface area contributed by atoms with Crippen LogP contribution >= 0.6 is 12.2 Å². The number of thiocarbonyl (C=S) groups is 1. The van der Waals surface area contributed by atoms with Crippen LogP contribution in [0.3, 0.4) is 0 Å². The zero-order chi connectivity index (χ0) is 22.6. The first-order chi connectivity index (χ1) is 16.2. The van der Waals surface area contributed by atoms with Crippen molar-refractivity contribution >= 4 is 17.3 Å². The Balaban J connectivity index is 1.39. The fraction of sp³-hybridized carbons (Fsp3) is 0.360. The van der Waals surface area contributed by atoms with Gasteiger partial charge in [-0.15, -0.1) is 0 Å². The molecular weight excluding hydrogens is 439 g/mol. The van der Waals surface area contributed by atoms with Crippen molar-refractivity contribution in [2.45, 2.75) is 18.5 Å². The maximum absolute atomic E-state index is 13.4. The van der Waals surface area contributed by atoms with Gasteiger partial charge in [0.05, 0.1) is 24.9 Å². The van der Waals surface area contributed by atoms with Crippen molar-refractivity contribution in [2.75, 3.05) is 39.4 Å². The van der Waals surface area contributed by atoms with Crippen LogP contribution in [0.1, 0.15) is 30.0 Å². The summed E-state index contributed by atoms with van der Waals surface area (Å²) in [7, 11) is 0. The van der Waals surface area contributed by atoms with E-state index in [1.54, 1.807) is 18.3 Å². The fourth-order valence-electron chi connectivity index (χ4n) is 4.53. The van der Waals surface area contributed by atoms with Gasteiger partial charge in [-0.2, -0.15) is 0 Å². The molecule has 4 heterocycles. The Morgan fingerprint density at radius 3 is 2.61 bits per heavy atom. The second-order valence-electron chi connectivity index (χ2n) is 8.34. The summed E-state index contributed by atoms with van der Waals surface area (Å²) in [6, 6.07) is 15.9. The van der Waals surface area contributed by atoms with Gasteiger partial charge < -0.3 is 19.4 Å². The van der Waals surface area contributed by atoms with Gasteiger partial charge in [-0.05, 0) is 67.2 Å². The second-order valence-corrected chi connectivity index (χ2v) is 8.72. The molecule has 6 nitrogen and oxygen atoms in total. The largest absolute Gasteiger partial charge is 0.459 e. The smallest absolute Gasteiger partial charge is 0.170 e. The molecule has 0 spiro atoms. The van der Waals surface area contributed by atoms with Crippen molar-refractivity contribution in [3.8, 4) is 11.3 Å². The molecule has 1 N–H and O–H groups in total. The number of nitrogens with zero attached hydrogens (tertiary/aromatic N) is 3. The van der Waals surface area contributed by atoms with Gasteiger partial charge in [0.25, 0.3) is 0 Å². The molecule has 172 valence electrons. The summed E-state index contributed by atoms with van der Waals surface area (Å²) in [5, 5.41) is 4.17. The average Bonchev–Trinajstić information content (AvgIpc) is 3.46. The molecule has 0 aliphatic carbocycles. The molecule has 5 rings (SSSR count). The zero-order valence-corrected chi connectivity index (χ0v) is 19.1. The zero-order valence-electron chi connectivity index (χ0n) is 18.3. The Kier molecular flexibility index (Phi) is 6.66. The lowest BCUT2D eigenvalue weighted by Crippen LogP contribution is -2.38. The molecule has 0 saturated carbocycles. The number of hydrogen-bond acceptors (Lipinski definition) is 5. The van der Waals surface area contributed by atoms with Crippen LogP contribution in [0, 0.1) is 5.82 Å². The second kappa shape index (κ2) is 9.99. The summed E-state index contributed by atoms with van der Waals surface area (Å²) >= 11 is 5.75. The van der Waals surface area contributed by atoms with E-state index < -0.39 is 0 Å². The summed E-state index contributed by atoms with van der Waals surface area (Å²) in [6.07, 6.45) is 2.78. The molecule has 8 heteroatoms. The highest BCUT2D eigenvalue weighted by atomic mass is 32.1. The highest BCUT2D eigenvalue weighted by molar-refractivity contribution is 7.80. The number of halogens is 1. The van der Waals surface area contributed by atoms with Crippen LogP contribution in [0.15, 0.2) is 65.2 Å². The van der Waals surface area contributed by atoms with Crippen molar-refractivity contribution < 1.29 is 13.5 Å². The van der Waals surface area contributed by atoms with Crippen molar-refractivity contribution in [1.29, 1.82) is 0 Å². The molecule has 33 heavy (non-hydrogen) atoms. The molecule has 2 aliphatic heterocycles. The number of ether oxygens (including phenoxy) is 1. The van der Waals surface area contributed by atoms with Gasteiger partial charge in [-0.25, -0.2) is 4.39 Å². The SMILES string of the molecule is Fc1ccc(-c2ccc([C@H]3[C@@H](c4ccccn4)NC(=S)N3CCCN3CCOCC3)o2)cc1. The first-order valence-electron chi connectivity index (χ1n) is 11.3. The molecule has 3 aromatic rings. The van der Waals surface area contributed by atoms with Gasteiger partial charge in [0.15, 0.2) is 5.11 Å². The summed E-state index contributed by atoms with van der Waals surface area (Å²) in [6.45, 7) is 5.36. The first-order valence-corrected chi connectivity index (χ1v) is 11.7. The van der Waals surface area contributed by atoms with E-state index in [-0.39, 0.29) is 17.9 Å². The van der Waals surface area contributed by atoms with Gasteiger partial charge in [-0.1, -0.05) is 6.07 Å². The standard InChI is InChI=1S/C25H27FN4O2S/c26-19-7-5-18(6-8-19)21-9-10-22(32-21)24-23(20-4-1-2-11-27-20)28-25(33)30(24)13-3-12-29-14-16-31-17-15-29/h1-2,4-11,23-24H,3,12-17H2,(H,28,33)/t23-,24+/m1/s1. The van der Waals surface area contributed by atoms with E-state index in [1.165, 1.54) is 12.1 Å². The molecular formula is C25H27FN4O2S. The van der Waals surface area contributed by atoms with Gasteiger partial charge in [0.2, 0.25) is 0 Å². The fourth-order valence-corrected chi connectivity index (χ4v) is 4.86. The van der Waals surface area contributed by atoms with Crippen molar-refractivity contribution in [3.63, 3.8) is 0 Å². The topological polar surface area (TPSA) is 53.8 Å². The van der Waals surface area contributed by atoms with Crippen LogP contribution in [0.5, 0.6) is 0 Å². The Hall–Kier alpha value is -2.81. The van der Waals surface area contributed by atoms with E-state index in [0.717, 1.165) is 62.8 Å². The molecule has 2 aliphatic rings. The number of aromatic nitrogens is 1. The van der Waals surface area contributed by atoms with E-state index in [9.17, 15) is 4.39 Å². The van der Waals surface area contributed by atoms with Gasteiger partial charge in [-0.3, -0.25) is 9.88 Å². The van der Waals surface area contributed by atoms with Gasteiger partial charge >= 0.3 is 0 Å². The quantitative estimate of drug-likeness (QED) is 0.525. The maximum atomic E-state index is 13.4. The molecule has 0 radical (unpaired) electrons. The van der Waals surface area contributed by atoms with E-state index in [4.69, 9.17) is 21.4 Å². The molecule has 0 amide bonds. The van der Waals surface area contributed by atoms with Crippen molar-refractivity contribution in [3.05, 3.63) is 78.1 Å². The predicted molar refractivity (Wildman–Crippen MR) is 128 cm³/mol. The van der Waals surface area contributed by atoms with Crippen LogP contribution in [0.4, 0.5) is 4.39 Å². The number of hydrogen-bond donors (Lipinski definition) is 1. The highest BCUT2D eigenvalue weighted by Crippen LogP contribution is 2.40. The molecule has 2 saturated heterocycles. The average molecular weight is 467 g/mol. The predicted octanol–water partition coefficient (Wildman–Crippen LogP) is 4.18. The number of pyridine rings is 1. The molecule has 2 aromatic heterocycles. The minimum atomic E-state index is -0.266. The minimum Gasteiger partial charge on any atom is -0.459 e. The lowest BCUT2D eigenvalue weighted by Gasteiger charge is -2.29. The van der Waals surface area contributed by atoms with Crippen molar-refractivity contribution in [1.82, 2.24) is 20.1 Å². The lowest BCUT2D eigenvalue weighted by molar-refractivity contribution is 0.0365. The third-order valence-corrected chi connectivity index (χ3v) is 6.57. The Morgan fingerprint density at radius 1 is 1.03 bits per heavy atom. The Morgan fingerprint density at radius 2 is 1.85 bits per heavy atom. The Labute approximate surface area is 198 Å². The first kappa shape index (κ1) is 22.0. The van der Waals surface area contributed by atoms with Crippen LogP contribution < -0.4 is 5.32 Å². The van der Waals surface area contributed by atoms with E-state index >= 15 is 0 Å². The number of furan rings is 1. The molecule has 2 atom stereocenters. The normalized spacial score (nSPS) is 21.4. The van der Waals surface area contributed by atoms with Crippen LogP contribution in [0.2, 0.25) is 0 Å². The highest BCUT2D eigenvalue weighted by Gasteiger charge is 2.41. The summed E-state index contributed by atoms with van der Waals surface area (Å²) in [5.74, 6) is 1.25. The monoisotopic (exact) mass is 466 g/mol. The molecule has 2 fully saturated rings. The third kappa shape index (κ3) is 4.93. The van der Waals surface area contributed by atoms with Crippen LogP contribution in [-0.4, -0.2) is 59.3 Å². The molecule has 0 bridgehead atoms. The van der Waals surface area contributed by atoms with Gasteiger partial charge in [0.1, 0.15) is 23.4 Å². The summed E-state index contributed by atoms with van der Waals surface area (Å²) < 4.78 is 25.1. The summed E-state index contributed by atoms with van der Waals surface area (Å²) in [5.41, 5.74) is 1.75. The van der Waals surface area contributed by atoms with Gasteiger partial charge in [0, 0.05) is 37.9 Å². The third-order valence-electron chi connectivity index (χ3n) is 6.22. The van der Waals surface area contributed by atoms with Crippen LogP contribution in [0.25, 0.3) is 11.3 Å². The Bertz CT molecular complexity index is 1070. The van der Waals surface area contributed by atoms with Crippen molar-refractivity contribution in [2.24, 2.45) is 0 Å². The maximum Gasteiger partial charge on any atom is 0.170 e. The number of rotatable bonds is 7. The number of benzene rings is 1. The molecule has 0 unspecified atom stereocenters. The van der Waals surface area contributed by atoms with Crippen LogP contribution in [-0.2, 0) is 4.74 Å². The van der Waals surface area contributed by atoms with E-state index in [0.29, 0.717) is 10.9 Å². The molecule has 1 aromatic carbocycles.